The van der Waals surface area contributed by atoms with Crippen LogP contribution in [-0.4, -0.2) is 47.5 Å². The number of thioether (sulfide) groups is 1. The summed E-state index contributed by atoms with van der Waals surface area (Å²) in [5.74, 6) is -0.475. The second-order valence-corrected chi connectivity index (χ2v) is 7.73. The van der Waals surface area contributed by atoms with Crippen molar-refractivity contribution in [3.63, 3.8) is 0 Å². The van der Waals surface area contributed by atoms with Gasteiger partial charge < -0.3 is 9.47 Å². The summed E-state index contributed by atoms with van der Waals surface area (Å²) in [6.07, 6.45) is 0.715. The van der Waals surface area contributed by atoms with Crippen molar-refractivity contribution >= 4 is 28.8 Å². The number of amides is 1. The van der Waals surface area contributed by atoms with Crippen LogP contribution in [0.5, 0.6) is 0 Å². The largest absolute Gasteiger partial charge is 0.460 e. The molecule has 1 aromatic carbocycles. The lowest BCUT2D eigenvalue weighted by atomic mass is 9.93. The molecule has 2 unspecified atom stereocenters. The number of nitrogens with zero attached hydrogens (tertiary/aromatic N) is 2. The summed E-state index contributed by atoms with van der Waals surface area (Å²) >= 11 is 1.46. The zero-order chi connectivity index (χ0) is 19.6. The first kappa shape index (κ1) is 19.6. The van der Waals surface area contributed by atoms with Crippen LogP contribution in [0.2, 0.25) is 0 Å². The number of benzene rings is 1. The minimum absolute atomic E-state index is 0.0125. The first-order valence-corrected chi connectivity index (χ1v) is 9.87. The van der Waals surface area contributed by atoms with Crippen LogP contribution in [0.3, 0.4) is 0 Å². The number of aryl methyl sites for hydroxylation is 1. The van der Waals surface area contributed by atoms with Crippen molar-refractivity contribution in [2.45, 2.75) is 38.5 Å². The molecule has 0 bridgehead atoms. The van der Waals surface area contributed by atoms with Crippen molar-refractivity contribution in [3.8, 4) is 0 Å². The first-order valence-electron chi connectivity index (χ1n) is 8.99. The van der Waals surface area contributed by atoms with E-state index in [1.165, 1.54) is 11.8 Å². The third kappa shape index (κ3) is 3.80. The van der Waals surface area contributed by atoms with Crippen LogP contribution >= 0.6 is 11.8 Å². The molecule has 0 N–H and O–H groups in total. The minimum atomic E-state index is -0.523. The van der Waals surface area contributed by atoms with Crippen LogP contribution in [0.15, 0.2) is 40.5 Å². The van der Waals surface area contributed by atoms with Gasteiger partial charge in [0.25, 0.3) is 0 Å². The Labute approximate surface area is 163 Å². The topological polar surface area (TPSA) is 68.2 Å². The Hall–Kier alpha value is -2.12. The predicted molar refractivity (Wildman–Crippen MR) is 105 cm³/mol. The second kappa shape index (κ2) is 8.27. The zero-order valence-electron chi connectivity index (χ0n) is 16.0. The summed E-state index contributed by atoms with van der Waals surface area (Å²) in [5.41, 5.74) is 2.98. The number of aliphatic imine (C=N–C) groups is 1. The maximum Gasteiger partial charge on any atom is 0.338 e. The number of carbonyl (C=O) groups excluding carboxylic acids is 2. The molecular formula is C20H24N2O4S. The maximum absolute atomic E-state index is 13.0. The van der Waals surface area contributed by atoms with E-state index in [1.807, 2.05) is 38.1 Å². The van der Waals surface area contributed by atoms with Crippen molar-refractivity contribution in [1.29, 1.82) is 0 Å². The quantitative estimate of drug-likeness (QED) is 0.553. The number of hydrogen-bond donors (Lipinski definition) is 0. The van der Waals surface area contributed by atoms with Gasteiger partial charge in [-0.3, -0.25) is 9.69 Å². The van der Waals surface area contributed by atoms with Gasteiger partial charge in [0.15, 0.2) is 5.17 Å². The molecule has 6 nitrogen and oxygen atoms in total. The molecule has 27 heavy (non-hydrogen) atoms. The van der Waals surface area contributed by atoms with Gasteiger partial charge in [-0.25, -0.2) is 9.79 Å². The Morgan fingerprint density at radius 1 is 1.22 bits per heavy atom. The van der Waals surface area contributed by atoms with Gasteiger partial charge in [-0.05, 0) is 25.8 Å². The highest BCUT2D eigenvalue weighted by molar-refractivity contribution is 8.15. The molecule has 7 heteroatoms. The van der Waals surface area contributed by atoms with E-state index in [0.717, 1.165) is 11.1 Å². The van der Waals surface area contributed by atoms with E-state index in [1.54, 1.807) is 18.9 Å². The van der Waals surface area contributed by atoms with Gasteiger partial charge in [0.2, 0.25) is 5.91 Å². The smallest absolute Gasteiger partial charge is 0.338 e. The average Bonchev–Trinajstić information content (AvgIpc) is 2.96. The third-order valence-corrected chi connectivity index (χ3v) is 5.97. The molecule has 1 saturated heterocycles. The third-order valence-electron chi connectivity index (χ3n) is 4.66. The number of ether oxygens (including phenoxy) is 2. The van der Waals surface area contributed by atoms with E-state index in [4.69, 9.17) is 9.47 Å². The van der Waals surface area contributed by atoms with Gasteiger partial charge in [-0.2, -0.15) is 0 Å². The molecule has 0 radical (unpaired) electrons. The number of carbonyl (C=O) groups is 2. The van der Waals surface area contributed by atoms with Crippen LogP contribution in [0.25, 0.3) is 0 Å². The Bertz CT molecular complexity index is 801. The summed E-state index contributed by atoms with van der Waals surface area (Å²) in [6, 6.07) is 7.35. The van der Waals surface area contributed by atoms with E-state index in [-0.39, 0.29) is 17.8 Å². The first-order chi connectivity index (χ1) is 13.0. The fraction of sp³-hybridized carbons (Fsp3) is 0.450. The molecule has 144 valence electrons. The van der Waals surface area contributed by atoms with Crippen molar-refractivity contribution in [1.82, 2.24) is 4.90 Å². The number of amidine groups is 1. The normalized spacial score (nSPS) is 22.0. The monoisotopic (exact) mass is 388 g/mol. The lowest BCUT2D eigenvalue weighted by Gasteiger charge is -2.33. The molecular weight excluding hydrogens is 364 g/mol. The molecule has 0 saturated carbocycles. The zero-order valence-corrected chi connectivity index (χ0v) is 16.8. The molecule has 0 aliphatic carbocycles. The van der Waals surface area contributed by atoms with E-state index in [9.17, 15) is 9.59 Å². The Morgan fingerprint density at radius 3 is 2.56 bits per heavy atom. The van der Waals surface area contributed by atoms with Crippen LogP contribution in [0, 0.1) is 6.92 Å². The van der Waals surface area contributed by atoms with Crippen LogP contribution in [0.1, 0.15) is 37.4 Å². The number of hydrogen-bond acceptors (Lipinski definition) is 6. The van der Waals surface area contributed by atoms with Crippen LogP contribution in [0.4, 0.5) is 0 Å². The van der Waals surface area contributed by atoms with E-state index < -0.39 is 12.0 Å². The van der Waals surface area contributed by atoms with Gasteiger partial charge in [-0.15, -0.1) is 0 Å². The van der Waals surface area contributed by atoms with E-state index >= 15 is 0 Å². The summed E-state index contributed by atoms with van der Waals surface area (Å²) in [6.45, 7) is 6.25. The molecule has 0 spiro atoms. The van der Waals surface area contributed by atoms with Crippen molar-refractivity contribution < 1.29 is 19.1 Å². The molecule has 3 rings (SSSR count). The number of rotatable bonds is 6. The van der Waals surface area contributed by atoms with Gasteiger partial charge in [0.05, 0.1) is 29.2 Å². The second-order valence-electron chi connectivity index (χ2n) is 6.56. The van der Waals surface area contributed by atoms with Crippen molar-refractivity contribution in [2.24, 2.45) is 4.99 Å². The molecule has 2 atom stereocenters. The summed E-state index contributed by atoms with van der Waals surface area (Å²) in [4.78, 5) is 32.0. The molecule has 0 aromatic heterocycles. The predicted octanol–water partition coefficient (Wildman–Crippen LogP) is 3.22. The average molecular weight is 388 g/mol. The van der Waals surface area contributed by atoms with Crippen molar-refractivity contribution in [3.05, 3.63) is 46.7 Å². The summed E-state index contributed by atoms with van der Waals surface area (Å²) in [5, 5.41) is 0.483. The molecule has 2 aliphatic rings. The highest BCUT2D eigenvalue weighted by Crippen LogP contribution is 2.44. The standard InChI is InChI=1S/C20H24N2O4S/c1-5-15-18(23)22-17(14-8-6-12(2)7-9-14)16(13(3)21-20(22)27-15)19(24)26-11-10-25-4/h6-9,15,17H,5,10-11H2,1-4H3. The summed E-state index contributed by atoms with van der Waals surface area (Å²) < 4.78 is 10.3. The lowest BCUT2D eigenvalue weighted by molar-refractivity contribution is -0.141. The molecule has 1 aromatic rings. The van der Waals surface area contributed by atoms with Gasteiger partial charge in [0.1, 0.15) is 6.61 Å². The van der Waals surface area contributed by atoms with E-state index in [0.29, 0.717) is 29.5 Å². The summed E-state index contributed by atoms with van der Waals surface area (Å²) in [7, 11) is 1.55. The van der Waals surface area contributed by atoms with E-state index in [2.05, 4.69) is 4.99 Å². The maximum atomic E-state index is 13.0. The van der Waals surface area contributed by atoms with Crippen molar-refractivity contribution in [2.75, 3.05) is 20.3 Å². The Balaban J connectivity index is 2.03. The van der Waals surface area contributed by atoms with Gasteiger partial charge in [-0.1, -0.05) is 48.5 Å². The minimum Gasteiger partial charge on any atom is -0.460 e. The highest BCUT2D eigenvalue weighted by Gasteiger charge is 2.47. The fourth-order valence-corrected chi connectivity index (χ4v) is 4.34. The van der Waals surface area contributed by atoms with Gasteiger partial charge >= 0.3 is 5.97 Å². The van der Waals surface area contributed by atoms with Gasteiger partial charge in [0, 0.05) is 7.11 Å². The SMILES string of the molecule is CCC1SC2=NC(C)=C(C(=O)OCCOC)C(c3ccc(C)cc3)N2C1=O. The number of esters is 1. The number of fused-ring (bicyclic) bond motifs is 1. The number of methoxy groups -OCH3 is 1. The Kier molecular flexibility index (Phi) is 6.01. The highest BCUT2D eigenvalue weighted by atomic mass is 32.2. The van der Waals surface area contributed by atoms with Crippen LogP contribution in [-0.2, 0) is 19.1 Å². The fourth-order valence-electron chi connectivity index (χ4n) is 3.21. The Morgan fingerprint density at radius 2 is 1.93 bits per heavy atom. The lowest BCUT2D eigenvalue weighted by Crippen LogP contribution is -2.40. The molecule has 2 aliphatic heterocycles. The number of allylic oxidation sites excluding steroid dienone is 1. The molecule has 1 amide bonds. The molecule has 2 heterocycles. The van der Waals surface area contributed by atoms with Crippen LogP contribution < -0.4 is 0 Å². The molecule has 1 fully saturated rings.